The second-order valence-corrected chi connectivity index (χ2v) is 4.42. The molecule has 0 bridgehead atoms. The van der Waals surface area contributed by atoms with Gasteiger partial charge in [-0.2, -0.15) is 5.26 Å². The Bertz CT molecular complexity index is 602. The summed E-state index contributed by atoms with van der Waals surface area (Å²) in [6.07, 6.45) is 1.70. The molecule has 102 valence electrons. The van der Waals surface area contributed by atoms with E-state index in [1.165, 1.54) is 0 Å². The van der Waals surface area contributed by atoms with Gasteiger partial charge >= 0.3 is 0 Å². The number of rotatable bonds is 5. The standard InChI is InChI=1S/C16H17N3O/c1-3-20-15-8-6-13(7-9-15)12-19(2)16-14(11-17)5-4-10-18-16/h4-10H,3,12H2,1-2H3. The van der Waals surface area contributed by atoms with Crippen LogP contribution in [-0.2, 0) is 6.54 Å². The van der Waals surface area contributed by atoms with E-state index in [0.717, 1.165) is 11.3 Å². The third-order valence-electron chi connectivity index (χ3n) is 2.92. The quantitative estimate of drug-likeness (QED) is 0.835. The maximum absolute atomic E-state index is 9.10. The van der Waals surface area contributed by atoms with Crippen molar-refractivity contribution in [3.05, 3.63) is 53.7 Å². The Morgan fingerprint density at radius 3 is 2.65 bits per heavy atom. The van der Waals surface area contributed by atoms with E-state index in [1.54, 1.807) is 18.3 Å². The third-order valence-corrected chi connectivity index (χ3v) is 2.92. The molecule has 1 aromatic heterocycles. The molecule has 20 heavy (non-hydrogen) atoms. The molecule has 2 aromatic rings. The van der Waals surface area contributed by atoms with Gasteiger partial charge in [0.25, 0.3) is 0 Å². The fourth-order valence-corrected chi connectivity index (χ4v) is 1.99. The summed E-state index contributed by atoms with van der Waals surface area (Å²) in [4.78, 5) is 6.24. The molecule has 1 aromatic carbocycles. The lowest BCUT2D eigenvalue weighted by molar-refractivity contribution is 0.340. The Balaban J connectivity index is 2.11. The second kappa shape index (κ2) is 6.58. The van der Waals surface area contributed by atoms with Crippen molar-refractivity contribution in [2.24, 2.45) is 0 Å². The highest BCUT2D eigenvalue weighted by Gasteiger charge is 2.08. The van der Waals surface area contributed by atoms with Crippen LogP contribution in [-0.4, -0.2) is 18.6 Å². The third kappa shape index (κ3) is 3.27. The molecule has 0 aliphatic heterocycles. The average molecular weight is 267 g/mol. The monoisotopic (exact) mass is 267 g/mol. The summed E-state index contributed by atoms with van der Waals surface area (Å²) in [7, 11) is 1.93. The first-order valence-corrected chi connectivity index (χ1v) is 6.52. The van der Waals surface area contributed by atoms with Crippen molar-refractivity contribution in [3.8, 4) is 11.8 Å². The van der Waals surface area contributed by atoms with Crippen molar-refractivity contribution < 1.29 is 4.74 Å². The minimum absolute atomic E-state index is 0.584. The number of hydrogen-bond donors (Lipinski definition) is 0. The van der Waals surface area contributed by atoms with Crippen LogP contribution in [0.4, 0.5) is 5.82 Å². The zero-order valence-corrected chi connectivity index (χ0v) is 11.7. The molecule has 0 saturated carbocycles. The molecule has 4 heteroatoms. The molecule has 0 fully saturated rings. The average Bonchev–Trinajstić information content (AvgIpc) is 2.49. The minimum Gasteiger partial charge on any atom is -0.494 e. The zero-order chi connectivity index (χ0) is 14.4. The summed E-state index contributed by atoms with van der Waals surface area (Å²) in [5.41, 5.74) is 1.73. The summed E-state index contributed by atoms with van der Waals surface area (Å²) < 4.78 is 5.42. The smallest absolute Gasteiger partial charge is 0.146 e. The highest BCUT2D eigenvalue weighted by molar-refractivity contribution is 5.53. The molecule has 0 amide bonds. The number of benzene rings is 1. The van der Waals surface area contributed by atoms with Gasteiger partial charge in [0.15, 0.2) is 0 Å². The Morgan fingerprint density at radius 2 is 2.00 bits per heavy atom. The van der Waals surface area contributed by atoms with Crippen LogP contribution < -0.4 is 9.64 Å². The van der Waals surface area contributed by atoms with Gasteiger partial charge in [0.1, 0.15) is 17.6 Å². The van der Waals surface area contributed by atoms with Gasteiger partial charge in [-0.15, -0.1) is 0 Å². The lowest BCUT2D eigenvalue weighted by Gasteiger charge is -2.19. The van der Waals surface area contributed by atoms with Crippen molar-refractivity contribution in [1.29, 1.82) is 5.26 Å². The van der Waals surface area contributed by atoms with Crippen LogP contribution in [0, 0.1) is 11.3 Å². The first-order chi connectivity index (χ1) is 9.74. The van der Waals surface area contributed by atoms with Crippen LogP contribution >= 0.6 is 0 Å². The predicted molar refractivity (Wildman–Crippen MR) is 78.7 cm³/mol. The molecule has 4 nitrogen and oxygen atoms in total. The highest BCUT2D eigenvalue weighted by Crippen LogP contribution is 2.18. The number of nitrogens with zero attached hydrogens (tertiary/aromatic N) is 3. The van der Waals surface area contributed by atoms with Gasteiger partial charge in [-0.05, 0) is 36.8 Å². The Kier molecular flexibility index (Phi) is 4.56. The second-order valence-electron chi connectivity index (χ2n) is 4.42. The molecule has 0 unspecified atom stereocenters. The van der Waals surface area contributed by atoms with E-state index in [4.69, 9.17) is 10.00 Å². The largest absolute Gasteiger partial charge is 0.494 e. The molecule has 0 radical (unpaired) electrons. The number of pyridine rings is 1. The van der Waals surface area contributed by atoms with Crippen LogP contribution in [0.15, 0.2) is 42.6 Å². The maximum atomic E-state index is 9.10. The van der Waals surface area contributed by atoms with Crippen LogP contribution in [0.1, 0.15) is 18.1 Å². The van der Waals surface area contributed by atoms with E-state index in [0.29, 0.717) is 24.5 Å². The molecular weight excluding hydrogens is 250 g/mol. The summed E-state index contributed by atoms with van der Waals surface area (Å²) >= 11 is 0. The van der Waals surface area contributed by atoms with E-state index >= 15 is 0 Å². The van der Waals surface area contributed by atoms with Gasteiger partial charge in [0, 0.05) is 19.8 Å². The van der Waals surface area contributed by atoms with Gasteiger partial charge in [-0.3, -0.25) is 0 Å². The molecule has 0 spiro atoms. The van der Waals surface area contributed by atoms with Gasteiger partial charge in [-0.25, -0.2) is 4.98 Å². The van der Waals surface area contributed by atoms with Crippen LogP contribution in [0.25, 0.3) is 0 Å². The van der Waals surface area contributed by atoms with E-state index in [9.17, 15) is 0 Å². The Labute approximate surface area is 119 Å². The maximum Gasteiger partial charge on any atom is 0.146 e. The van der Waals surface area contributed by atoms with Crippen molar-refractivity contribution in [2.45, 2.75) is 13.5 Å². The summed E-state index contributed by atoms with van der Waals surface area (Å²) in [5.74, 6) is 1.57. The number of nitriles is 1. The van der Waals surface area contributed by atoms with Gasteiger partial charge in [0.2, 0.25) is 0 Å². The summed E-state index contributed by atoms with van der Waals surface area (Å²) in [5, 5.41) is 9.10. The first kappa shape index (κ1) is 13.9. The fraction of sp³-hybridized carbons (Fsp3) is 0.250. The molecular formula is C16H17N3O. The molecule has 0 N–H and O–H groups in total. The van der Waals surface area contributed by atoms with Gasteiger partial charge < -0.3 is 9.64 Å². The fourth-order valence-electron chi connectivity index (χ4n) is 1.99. The van der Waals surface area contributed by atoms with Crippen LogP contribution in [0.5, 0.6) is 5.75 Å². The topological polar surface area (TPSA) is 49.1 Å². The molecule has 0 aliphatic rings. The van der Waals surface area contributed by atoms with Gasteiger partial charge in [-0.1, -0.05) is 12.1 Å². The number of hydrogen-bond acceptors (Lipinski definition) is 4. The van der Waals surface area contributed by atoms with Gasteiger partial charge in [0.05, 0.1) is 12.2 Å². The van der Waals surface area contributed by atoms with Crippen molar-refractivity contribution in [2.75, 3.05) is 18.6 Å². The normalized spacial score (nSPS) is 9.85. The van der Waals surface area contributed by atoms with E-state index < -0.39 is 0 Å². The Morgan fingerprint density at radius 1 is 1.25 bits per heavy atom. The number of aromatic nitrogens is 1. The molecule has 1 heterocycles. The molecule has 0 saturated heterocycles. The van der Waals surface area contributed by atoms with Crippen LogP contribution in [0.3, 0.4) is 0 Å². The highest BCUT2D eigenvalue weighted by atomic mass is 16.5. The molecule has 0 atom stereocenters. The zero-order valence-electron chi connectivity index (χ0n) is 11.7. The first-order valence-electron chi connectivity index (χ1n) is 6.52. The number of ether oxygens (including phenoxy) is 1. The number of anilines is 1. The van der Waals surface area contributed by atoms with Crippen molar-refractivity contribution in [1.82, 2.24) is 4.98 Å². The van der Waals surface area contributed by atoms with E-state index in [-0.39, 0.29) is 0 Å². The van der Waals surface area contributed by atoms with Crippen molar-refractivity contribution in [3.63, 3.8) is 0 Å². The summed E-state index contributed by atoms with van der Waals surface area (Å²) in [6.45, 7) is 3.32. The lowest BCUT2D eigenvalue weighted by atomic mass is 10.2. The Hall–Kier alpha value is -2.54. The minimum atomic E-state index is 0.584. The predicted octanol–water partition coefficient (Wildman–Crippen LogP) is 2.99. The van der Waals surface area contributed by atoms with Crippen molar-refractivity contribution >= 4 is 5.82 Å². The molecule has 0 aliphatic carbocycles. The summed E-state index contributed by atoms with van der Waals surface area (Å²) in [6, 6.07) is 13.7. The van der Waals surface area contributed by atoms with E-state index in [2.05, 4.69) is 11.1 Å². The van der Waals surface area contributed by atoms with E-state index in [1.807, 2.05) is 43.1 Å². The SMILES string of the molecule is CCOc1ccc(CN(C)c2ncccc2C#N)cc1. The van der Waals surface area contributed by atoms with Crippen LogP contribution in [0.2, 0.25) is 0 Å². The molecule has 2 rings (SSSR count). The lowest BCUT2D eigenvalue weighted by Crippen LogP contribution is -2.18.